The molecule has 0 spiro atoms. The summed E-state index contributed by atoms with van der Waals surface area (Å²) in [5, 5.41) is 11.9. The highest BCUT2D eigenvalue weighted by Crippen LogP contribution is 2.17. The molecule has 0 saturated carbocycles. The minimum absolute atomic E-state index is 0.223. The van der Waals surface area contributed by atoms with Crippen LogP contribution < -0.4 is 10.5 Å². The van der Waals surface area contributed by atoms with Gasteiger partial charge in [-0.25, -0.2) is 17.9 Å². The fourth-order valence-corrected chi connectivity index (χ4v) is 2.24. The molecule has 8 heteroatoms. The van der Waals surface area contributed by atoms with Crippen LogP contribution in [-0.4, -0.2) is 24.7 Å². The van der Waals surface area contributed by atoms with Crippen LogP contribution in [0.25, 0.3) is 0 Å². The largest absolute Gasteiger partial charge is 0.381 e. The third kappa shape index (κ3) is 3.55. The average Bonchev–Trinajstić information content (AvgIpc) is 2.76. The first-order valence-corrected chi connectivity index (χ1v) is 7.46. The second kappa shape index (κ2) is 5.59. The zero-order chi connectivity index (χ0) is 14.8. The zero-order valence-corrected chi connectivity index (χ0v) is 11.7. The Kier molecular flexibility index (Phi) is 4.05. The Bertz CT molecular complexity index is 712. The fourth-order valence-electron chi connectivity index (χ4n) is 1.71. The SMILES string of the molecule is Cc1cnn(CCNc2ccc(S(N)(=O)=O)cc2F)c1. The summed E-state index contributed by atoms with van der Waals surface area (Å²) in [6.45, 7) is 2.97. The molecule has 2 rings (SSSR count). The Labute approximate surface area is 116 Å². The number of hydrogen-bond donors (Lipinski definition) is 2. The van der Waals surface area contributed by atoms with Crippen LogP contribution >= 0.6 is 0 Å². The van der Waals surface area contributed by atoms with Crippen molar-refractivity contribution in [2.75, 3.05) is 11.9 Å². The van der Waals surface area contributed by atoms with Crippen LogP contribution in [0.4, 0.5) is 10.1 Å². The molecule has 0 aliphatic carbocycles. The summed E-state index contributed by atoms with van der Waals surface area (Å²) >= 11 is 0. The van der Waals surface area contributed by atoms with Gasteiger partial charge in [0, 0.05) is 12.7 Å². The van der Waals surface area contributed by atoms with E-state index >= 15 is 0 Å². The van der Waals surface area contributed by atoms with Gasteiger partial charge < -0.3 is 5.32 Å². The smallest absolute Gasteiger partial charge is 0.238 e. The van der Waals surface area contributed by atoms with E-state index < -0.39 is 15.8 Å². The van der Waals surface area contributed by atoms with Crippen molar-refractivity contribution in [3.63, 3.8) is 0 Å². The maximum Gasteiger partial charge on any atom is 0.238 e. The van der Waals surface area contributed by atoms with E-state index in [2.05, 4.69) is 10.4 Å². The van der Waals surface area contributed by atoms with E-state index in [1.54, 1.807) is 10.9 Å². The lowest BCUT2D eigenvalue weighted by Crippen LogP contribution is -2.14. The lowest BCUT2D eigenvalue weighted by atomic mass is 10.3. The van der Waals surface area contributed by atoms with Gasteiger partial charge in [-0.05, 0) is 30.7 Å². The molecule has 0 aliphatic rings. The number of hydrogen-bond acceptors (Lipinski definition) is 4. The molecule has 0 saturated heterocycles. The molecule has 1 aromatic carbocycles. The standard InChI is InChI=1S/C12H15FN4O2S/c1-9-7-16-17(8-9)5-4-15-12-3-2-10(6-11(12)13)20(14,18)19/h2-3,6-8,15H,4-5H2,1H3,(H2,14,18,19). The number of anilines is 1. The molecule has 0 radical (unpaired) electrons. The Hall–Kier alpha value is -1.93. The van der Waals surface area contributed by atoms with Gasteiger partial charge in [-0.3, -0.25) is 4.68 Å². The topological polar surface area (TPSA) is 90.0 Å². The summed E-state index contributed by atoms with van der Waals surface area (Å²) in [5.74, 6) is -0.659. The quantitative estimate of drug-likeness (QED) is 0.864. The summed E-state index contributed by atoms with van der Waals surface area (Å²) in [6.07, 6.45) is 3.61. The molecule has 0 bridgehead atoms. The van der Waals surface area contributed by atoms with Crippen molar-refractivity contribution in [1.29, 1.82) is 0 Å². The Morgan fingerprint density at radius 1 is 1.45 bits per heavy atom. The minimum atomic E-state index is -3.88. The predicted octanol–water partition coefficient (Wildman–Crippen LogP) is 1.09. The average molecular weight is 298 g/mol. The van der Waals surface area contributed by atoms with E-state index in [0.717, 1.165) is 11.6 Å². The van der Waals surface area contributed by atoms with Crippen LogP contribution in [0.2, 0.25) is 0 Å². The van der Waals surface area contributed by atoms with Crippen LogP contribution in [0.5, 0.6) is 0 Å². The van der Waals surface area contributed by atoms with E-state index in [1.165, 1.54) is 12.1 Å². The molecule has 0 aliphatic heterocycles. The number of rotatable bonds is 5. The highest BCUT2D eigenvalue weighted by atomic mass is 32.2. The zero-order valence-electron chi connectivity index (χ0n) is 10.9. The lowest BCUT2D eigenvalue weighted by Gasteiger charge is -2.08. The second-order valence-electron chi connectivity index (χ2n) is 4.39. The predicted molar refractivity (Wildman–Crippen MR) is 73.2 cm³/mol. The van der Waals surface area contributed by atoms with Crippen LogP contribution in [0, 0.1) is 12.7 Å². The first kappa shape index (κ1) is 14.5. The van der Waals surface area contributed by atoms with Gasteiger partial charge in [0.05, 0.1) is 23.3 Å². The molecular weight excluding hydrogens is 283 g/mol. The van der Waals surface area contributed by atoms with Gasteiger partial charge in [-0.1, -0.05) is 0 Å². The normalized spacial score (nSPS) is 11.6. The van der Waals surface area contributed by atoms with Crippen LogP contribution in [0.15, 0.2) is 35.5 Å². The third-order valence-corrected chi connectivity index (χ3v) is 3.60. The van der Waals surface area contributed by atoms with E-state index in [4.69, 9.17) is 5.14 Å². The molecule has 108 valence electrons. The molecule has 2 aromatic rings. The van der Waals surface area contributed by atoms with Crippen molar-refractivity contribution < 1.29 is 12.8 Å². The highest BCUT2D eigenvalue weighted by molar-refractivity contribution is 7.89. The van der Waals surface area contributed by atoms with E-state index in [-0.39, 0.29) is 10.6 Å². The molecule has 0 amide bonds. The summed E-state index contributed by atoms with van der Waals surface area (Å²) in [5.41, 5.74) is 1.27. The fraction of sp³-hybridized carbons (Fsp3) is 0.250. The van der Waals surface area contributed by atoms with Gasteiger partial charge in [0.15, 0.2) is 0 Å². The number of benzene rings is 1. The lowest BCUT2D eigenvalue weighted by molar-refractivity contribution is 0.592. The molecule has 0 unspecified atom stereocenters. The molecule has 3 N–H and O–H groups in total. The number of sulfonamides is 1. The molecule has 20 heavy (non-hydrogen) atoms. The summed E-state index contributed by atoms with van der Waals surface area (Å²) < 4.78 is 37.6. The van der Waals surface area contributed by atoms with Crippen LogP contribution in [0.3, 0.4) is 0 Å². The summed E-state index contributed by atoms with van der Waals surface area (Å²) in [6, 6.07) is 3.51. The maximum atomic E-state index is 13.7. The van der Waals surface area contributed by atoms with E-state index in [0.29, 0.717) is 13.1 Å². The minimum Gasteiger partial charge on any atom is -0.381 e. The monoisotopic (exact) mass is 298 g/mol. The molecule has 1 heterocycles. The number of nitrogens with two attached hydrogens (primary N) is 1. The number of primary sulfonamides is 1. The first-order valence-electron chi connectivity index (χ1n) is 5.91. The number of halogens is 1. The maximum absolute atomic E-state index is 13.7. The van der Waals surface area contributed by atoms with Crippen molar-refractivity contribution in [3.8, 4) is 0 Å². The second-order valence-corrected chi connectivity index (χ2v) is 5.96. The molecular formula is C12H15FN4O2S. The number of aryl methyl sites for hydroxylation is 1. The number of aromatic nitrogens is 2. The Morgan fingerprint density at radius 2 is 2.20 bits per heavy atom. The van der Waals surface area contributed by atoms with Gasteiger partial charge in [-0.15, -0.1) is 0 Å². The van der Waals surface area contributed by atoms with Crippen LogP contribution in [-0.2, 0) is 16.6 Å². The Balaban J connectivity index is 2.00. The van der Waals surface area contributed by atoms with Crippen LogP contribution in [0.1, 0.15) is 5.56 Å². The number of nitrogens with zero attached hydrogens (tertiary/aromatic N) is 2. The highest BCUT2D eigenvalue weighted by Gasteiger charge is 2.11. The van der Waals surface area contributed by atoms with E-state index in [1.807, 2.05) is 13.1 Å². The van der Waals surface area contributed by atoms with Gasteiger partial charge in [-0.2, -0.15) is 5.10 Å². The first-order chi connectivity index (χ1) is 9.36. The van der Waals surface area contributed by atoms with Crippen molar-refractivity contribution in [1.82, 2.24) is 9.78 Å². The summed E-state index contributed by atoms with van der Waals surface area (Å²) in [7, 11) is -3.88. The van der Waals surface area contributed by atoms with Gasteiger partial charge in [0.25, 0.3) is 0 Å². The molecule has 1 aromatic heterocycles. The van der Waals surface area contributed by atoms with Crippen molar-refractivity contribution in [2.24, 2.45) is 5.14 Å². The molecule has 0 atom stereocenters. The van der Waals surface area contributed by atoms with Gasteiger partial charge >= 0.3 is 0 Å². The molecule has 6 nitrogen and oxygen atoms in total. The van der Waals surface area contributed by atoms with Gasteiger partial charge in [0.1, 0.15) is 5.82 Å². The summed E-state index contributed by atoms with van der Waals surface area (Å²) in [4.78, 5) is -0.247. The Morgan fingerprint density at radius 3 is 2.75 bits per heavy atom. The third-order valence-electron chi connectivity index (χ3n) is 2.69. The van der Waals surface area contributed by atoms with Gasteiger partial charge in [0.2, 0.25) is 10.0 Å². The molecule has 0 fully saturated rings. The number of nitrogens with one attached hydrogen (secondary N) is 1. The van der Waals surface area contributed by atoms with E-state index in [9.17, 15) is 12.8 Å². The van der Waals surface area contributed by atoms with Crippen molar-refractivity contribution in [3.05, 3.63) is 42.0 Å². The van der Waals surface area contributed by atoms with Crippen molar-refractivity contribution >= 4 is 15.7 Å². The van der Waals surface area contributed by atoms with Crippen molar-refractivity contribution in [2.45, 2.75) is 18.4 Å².